The van der Waals surface area contributed by atoms with E-state index >= 15 is 0 Å². The van der Waals surface area contributed by atoms with Gasteiger partial charge in [0.15, 0.2) is 5.82 Å². The van der Waals surface area contributed by atoms with Gasteiger partial charge in [0.2, 0.25) is 0 Å². The third-order valence-electron chi connectivity index (χ3n) is 5.06. The number of hydrogen-bond acceptors (Lipinski definition) is 7. The standard InChI is InChI=1S/C23H26N6O2S/c1-16-14-31-12-11-29(16)20-13-19(15-32-21-5-3-4-10-25-21)26-22(28-20)17-6-8-18(9-7-17)27-23(30)24-2/h3-10,13,16H,11-12,14-15H2,1-2H3,(H2,24,27,30)/t16-/m0/s1. The van der Waals surface area contributed by atoms with Crippen molar-refractivity contribution < 1.29 is 9.53 Å². The summed E-state index contributed by atoms with van der Waals surface area (Å²) in [5.74, 6) is 2.24. The van der Waals surface area contributed by atoms with Gasteiger partial charge in [-0.3, -0.25) is 0 Å². The summed E-state index contributed by atoms with van der Waals surface area (Å²) in [6.45, 7) is 4.29. The fraction of sp³-hybridized carbons (Fsp3) is 0.304. The number of hydrogen-bond donors (Lipinski definition) is 2. The van der Waals surface area contributed by atoms with Crippen LogP contribution in [0.15, 0.2) is 59.8 Å². The third kappa shape index (κ3) is 5.54. The van der Waals surface area contributed by atoms with Crippen LogP contribution in [0.25, 0.3) is 11.4 Å². The molecule has 4 rings (SSSR count). The van der Waals surface area contributed by atoms with Crippen molar-refractivity contribution in [3.63, 3.8) is 0 Å². The minimum atomic E-state index is -0.258. The smallest absolute Gasteiger partial charge is 0.318 e. The summed E-state index contributed by atoms with van der Waals surface area (Å²) in [5.41, 5.74) is 2.53. The predicted octanol–water partition coefficient (Wildman–Crippen LogP) is 3.81. The molecule has 1 saturated heterocycles. The lowest BCUT2D eigenvalue weighted by molar-refractivity contribution is 0.0985. The van der Waals surface area contributed by atoms with E-state index in [0.717, 1.165) is 28.6 Å². The first-order chi connectivity index (χ1) is 15.6. The Morgan fingerprint density at radius 2 is 2.06 bits per heavy atom. The lowest BCUT2D eigenvalue weighted by atomic mass is 10.2. The highest BCUT2D eigenvalue weighted by atomic mass is 32.2. The van der Waals surface area contributed by atoms with Crippen molar-refractivity contribution in [2.75, 3.05) is 37.0 Å². The number of carbonyl (C=O) groups is 1. The topological polar surface area (TPSA) is 92.3 Å². The molecule has 0 radical (unpaired) electrons. The van der Waals surface area contributed by atoms with Crippen LogP contribution < -0.4 is 15.5 Å². The molecular formula is C23H26N6O2S. The molecule has 0 spiro atoms. The number of pyridine rings is 1. The van der Waals surface area contributed by atoms with Crippen molar-refractivity contribution in [3.05, 3.63) is 60.4 Å². The Morgan fingerprint density at radius 3 is 2.78 bits per heavy atom. The number of aromatic nitrogens is 3. The zero-order valence-electron chi connectivity index (χ0n) is 18.1. The minimum absolute atomic E-state index is 0.238. The van der Waals surface area contributed by atoms with Crippen LogP contribution in [-0.4, -0.2) is 53.8 Å². The zero-order valence-corrected chi connectivity index (χ0v) is 18.9. The maximum Gasteiger partial charge on any atom is 0.318 e. The Kier molecular flexibility index (Phi) is 7.18. The number of nitrogens with zero attached hydrogens (tertiary/aromatic N) is 4. The lowest BCUT2D eigenvalue weighted by Gasteiger charge is -2.34. The van der Waals surface area contributed by atoms with Crippen LogP contribution in [0.4, 0.5) is 16.3 Å². The van der Waals surface area contributed by atoms with Gasteiger partial charge in [0.05, 0.1) is 30.0 Å². The molecule has 0 unspecified atom stereocenters. The molecule has 8 nitrogen and oxygen atoms in total. The SMILES string of the molecule is CNC(=O)Nc1ccc(-c2nc(CSc3ccccn3)cc(N3CCOC[C@@H]3C)n2)cc1. The number of nitrogens with one attached hydrogen (secondary N) is 2. The third-order valence-corrected chi connectivity index (χ3v) is 6.04. The van der Waals surface area contributed by atoms with Gasteiger partial charge in [0.25, 0.3) is 0 Å². The van der Waals surface area contributed by atoms with Gasteiger partial charge in [-0.25, -0.2) is 19.7 Å². The molecule has 0 saturated carbocycles. The normalized spacial score (nSPS) is 15.9. The molecule has 0 aliphatic carbocycles. The first-order valence-corrected chi connectivity index (χ1v) is 11.5. The van der Waals surface area contributed by atoms with E-state index in [1.807, 2.05) is 42.5 Å². The largest absolute Gasteiger partial charge is 0.377 e. The van der Waals surface area contributed by atoms with E-state index in [0.29, 0.717) is 30.5 Å². The fourth-order valence-electron chi connectivity index (χ4n) is 3.38. The Morgan fingerprint density at radius 1 is 1.22 bits per heavy atom. The van der Waals surface area contributed by atoms with E-state index in [-0.39, 0.29) is 12.1 Å². The van der Waals surface area contributed by atoms with Crippen LogP contribution in [0, 0.1) is 0 Å². The summed E-state index contributed by atoms with van der Waals surface area (Å²) in [5, 5.41) is 6.27. The predicted molar refractivity (Wildman–Crippen MR) is 127 cm³/mol. The van der Waals surface area contributed by atoms with Crippen molar-refractivity contribution in [3.8, 4) is 11.4 Å². The Bertz CT molecular complexity index is 1050. The van der Waals surface area contributed by atoms with Crippen LogP contribution in [0.1, 0.15) is 12.6 Å². The van der Waals surface area contributed by atoms with E-state index in [1.165, 1.54) is 0 Å². The Balaban J connectivity index is 1.62. The number of anilines is 2. The summed E-state index contributed by atoms with van der Waals surface area (Å²) in [6, 6.07) is 15.5. The maximum absolute atomic E-state index is 11.6. The summed E-state index contributed by atoms with van der Waals surface area (Å²) in [6.07, 6.45) is 1.79. The molecule has 3 aromatic rings. The van der Waals surface area contributed by atoms with Gasteiger partial charge in [0.1, 0.15) is 5.82 Å². The molecule has 1 atom stereocenters. The molecule has 2 amide bonds. The molecule has 0 bridgehead atoms. The molecule has 3 heterocycles. The number of carbonyl (C=O) groups excluding carboxylic acids is 1. The van der Waals surface area contributed by atoms with E-state index in [1.54, 1.807) is 25.0 Å². The number of rotatable bonds is 6. The number of ether oxygens (including phenoxy) is 1. The number of amides is 2. The van der Waals surface area contributed by atoms with E-state index in [4.69, 9.17) is 14.7 Å². The van der Waals surface area contributed by atoms with Gasteiger partial charge in [0, 0.05) is 42.9 Å². The summed E-state index contributed by atoms with van der Waals surface area (Å²) < 4.78 is 5.60. The van der Waals surface area contributed by atoms with Crippen molar-refractivity contribution in [2.24, 2.45) is 0 Å². The van der Waals surface area contributed by atoms with E-state index in [2.05, 4.69) is 33.5 Å². The zero-order chi connectivity index (χ0) is 22.3. The first-order valence-electron chi connectivity index (χ1n) is 10.5. The number of morpholine rings is 1. The summed E-state index contributed by atoms with van der Waals surface area (Å²) in [4.78, 5) is 27.9. The second kappa shape index (κ2) is 10.4. The van der Waals surface area contributed by atoms with Gasteiger partial charge >= 0.3 is 6.03 Å². The van der Waals surface area contributed by atoms with Gasteiger partial charge in [-0.05, 0) is 43.3 Å². The number of benzene rings is 1. The van der Waals surface area contributed by atoms with Crippen LogP contribution in [0.2, 0.25) is 0 Å². The second-order valence-electron chi connectivity index (χ2n) is 7.40. The Labute approximate surface area is 191 Å². The average Bonchev–Trinajstić information content (AvgIpc) is 2.84. The van der Waals surface area contributed by atoms with Crippen LogP contribution in [-0.2, 0) is 10.5 Å². The van der Waals surface area contributed by atoms with Crippen LogP contribution in [0.5, 0.6) is 0 Å². The quantitative estimate of drug-likeness (QED) is 0.552. The van der Waals surface area contributed by atoms with Gasteiger partial charge < -0.3 is 20.3 Å². The number of urea groups is 1. The summed E-state index contributed by atoms with van der Waals surface area (Å²) >= 11 is 1.65. The fourth-order valence-corrected chi connectivity index (χ4v) is 4.13. The molecule has 2 N–H and O–H groups in total. The molecule has 166 valence electrons. The first kappa shape index (κ1) is 22.0. The maximum atomic E-state index is 11.6. The molecule has 1 fully saturated rings. The van der Waals surface area contributed by atoms with Gasteiger partial charge in [-0.1, -0.05) is 6.07 Å². The van der Waals surface area contributed by atoms with Crippen molar-refractivity contribution in [2.45, 2.75) is 23.7 Å². The van der Waals surface area contributed by atoms with Crippen LogP contribution >= 0.6 is 11.8 Å². The monoisotopic (exact) mass is 450 g/mol. The Hall–Kier alpha value is -3.17. The molecule has 32 heavy (non-hydrogen) atoms. The highest BCUT2D eigenvalue weighted by Gasteiger charge is 2.22. The van der Waals surface area contributed by atoms with Crippen molar-refractivity contribution in [1.29, 1.82) is 0 Å². The van der Waals surface area contributed by atoms with E-state index < -0.39 is 0 Å². The molecule has 1 aliphatic heterocycles. The van der Waals surface area contributed by atoms with E-state index in [9.17, 15) is 4.79 Å². The molecule has 9 heteroatoms. The summed E-state index contributed by atoms with van der Waals surface area (Å²) in [7, 11) is 1.58. The molecular weight excluding hydrogens is 424 g/mol. The van der Waals surface area contributed by atoms with Gasteiger partial charge in [-0.2, -0.15) is 0 Å². The highest BCUT2D eigenvalue weighted by molar-refractivity contribution is 7.98. The van der Waals surface area contributed by atoms with Gasteiger partial charge in [-0.15, -0.1) is 11.8 Å². The lowest BCUT2D eigenvalue weighted by Crippen LogP contribution is -2.44. The molecule has 1 aliphatic rings. The van der Waals surface area contributed by atoms with Crippen molar-refractivity contribution in [1.82, 2.24) is 20.3 Å². The number of thioether (sulfide) groups is 1. The minimum Gasteiger partial charge on any atom is -0.377 e. The molecule has 2 aromatic heterocycles. The van der Waals surface area contributed by atoms with Crippen LogP contribution in [0.3, 0.4) is 0 Å². The average molecular weight is 451 g/mol. The molecule has 1 aromatic carbocycles. The van der Waals surface area contributed by atoms with Crippen molar-refractivity contribution >= 4 is 29.3 Å². The second-order valence-corrected chi connectivity index (χ2v) is 8.39. The highest BCUT2D eigenvalue weighted by Crippen LogP contribution is 2.27.